The van der Waals surface area contributed by atoms with Crippen LogP contribution in [0.25, 0.3) is 0 Å². The SMILES string of the molecule is O=C(COCCCCl)c1ccccc1. The first-order valence-electron chi connectivity index (χ1n) is 4.56. The average molecular weight is 213 g/mol. The highest BCUT2D eigenvalue weighted by Crippen LogP contribution is 2.00. The number of hydrogen-bond donors (Lipinski definition) is 0. The van der Waals surface area contributed by atoms with Gasteiger partial charge in [0.1, 0.15) is 6.61 Å². The maximum Gasteiger partial charge on any atom is 0.188 e. The molecule has 0 aliphatic heterocycles. The number of Topliss-reactive ketones (excluding diaryl/α,β-unsaturated/α-hetero) is 1. The third kappa shape index (κ3) is 3.90. The van der Waals surface area contributed by atoms with Gasteiger partial charge in [0.2, 0.25) is 0 Å². The highest BCUT2D eigenvalue weighted by molar-refractivity contribution is 6.17. The molecule has 0 unspecified atom stereocenters. The van der Waals surface area contributed by atoms with Crippen LogP contribution in [0.1, 0.15) is 16.8 Å². The third-order valence-corrected chi connectivity index (χ3v) is 2.02. The summed E-state index contributed by atoms with van der Waals surface area (Å²) in [4.78, 5) is 11.4. The van der Waals surface area contributed by atoms with Gasteiger partial charge < -0.3 is 4.74 Å². The van der Waals surface area contributed by atoms with E-state index in [1.807, 2.05) is 18.2 Å². The molecule has 0 saturated carbocycles. The van der Waals surface area contributed by atoms with Crippen molar-refractivity contribution >= 4 is 17.4 Å². The Balaban J connectivity index is 2.29. The van der Waals surface area contributed by atoms with Crippen LogP contribution in [-0.2, 0) is 4.74 Å². The van der Waals surface area contributed by atoms with Crippen molar-refractivity contribution < 1.29 is 9.53 Å². The van der Waals surface area contributed by atoms with Crippen molar-refractivity contribution in [1.82, 2.24) is 0 Å². The van der Waals surface area contributed by atoms with Crippen molar-refractivity contribution in [2.24, 2.45) is 0 Å². The van der Waals surface area contributed by atoms with Crippen LogP contribution in [0.4, 0.5) is 0 Å². The minimum Gasteiger partial charge on any atom is -0.373 e. The minimum absolute atomic E-state index is 0.0140. The van der Waals surface area contributed by atoms with E-state index in [2.05, 4.69) is 0 Å². The molecular weight excluding hydrogens is 200 g/mol. The number of alkyl halides is 1. The lowest BCUT2D eigenvalue weighted by atomic mass is 10.1. The topological polar surface area (TPSA) is 26.3 Å². The van der Waals surface area contributed by atoms with E-state index in [1.54, 1.807) is 12.1 Å². The second kappa shape index (κ2) is 6.57. The zero-order valence-corrected chi connectivity index (χ0v) is 8.67. The van der Waals surface area contributed by atoms with Gasteiger partial charge in [0.25, 0.3) is 0 Å². The van der Waals surface area contributed by atoms with Gasteiger partial charge in [-0.05, 0) is 6.42 Å². The molecule has 0 aliphatic rings. The number of rotatable bonds is 6. The zero-order valence-electron chi connectivity index (χ0n) is 7.91. The van der Waals surface area contributed by atoms with E-state index in [-0.39, 0.29) is 12.4 Å². The Morgan fingerprint density at radius 1 is 1.29 bits per heavy atom. The minimum atomic E-state index is 0.0140. The second-order valence-corrected chi connectivity index (χ2v) is 3.26. The van der Waals surface area contributed by atoms with E-state index in [4.69, 9.17) is 16.3 Å². The molecule has 1 aromatic carbocycles. The fraction of sp³-hybridized carbons (Fsp3) is 0.364. The van der Waals surface area contributed by atoms with Gasteiger partial charge in [-0.1, -0.05) is 30.3 Å². The van der Waals surface area contributed by atoms with Crippen LogP contribution in [0.2, 0.25) is 0 Å². The largest absolute Gasteiger partial charge is 0.373 e. The molecule has 0 atom stereocenters. The van der Waals surface area contributed by atoms with E-state index in [0.717, 1.165) is 6.42 Å². The van der Waals surface area contributed by atoms with Gasteiger partial charge in [-0.3, -0.25) is 4.79 Å². The van der Waals surface area contributed by atoms with Crippen molar-refractivity contribution in [3.8, 4) is 0 Å². The van der Waals surface area contributed by atoms with Gasteiger partial charge in [0.05, 0.1) is 0 Å². The summed E-state index contributed by atoms with van der Waals surface area (Å²) in [5.74, 6) is 0.583. The van der Waals surface area contributed by atoms with Crippen molar-refractivity contribution in [3.05, 3.63) is 35.9 Å². The van der Waals surface area contributed by atoms with Gasteiger partial charge in [0, 0.05) is 18.1 Å². The maximum atomic E-state index is 11.4. The molecule has 2 nitrogen and oxygen atoms in total. The standard InChI is InChI=1S/C11H13ClO2/c12-7-4-8-14-9-11(13)10-5-2-1-3-6-10/h1-3,5-6H,4,7-9H2. The molecule has 76 valence electrons. The van der Waals surface area contributed by atoms with Crippen LogP contribution in [0.15, 0.2) is 30.3 Å². The number of ketones is 1. The van der Waals surface area contributed by atoms with Crippen LogP contribution < -0.4 is 0 Å². The van der Waals surface area contributed by atoms with Crippen LogP contribution in [0, 0.1) is 0 Å². The number of halogens is 1. The Bertz CT molecular complexity index is 272. The van der Waals surface area contributed by atoms with Crippen LogP contribution >= 0.6 is 11.6 Å². The molecule has 0 spiro atoms. The lowest BCUT2D eigenvalue weighted by Gasteiger charge is -2.01. The van der Waals surface area contributed by atoms with E-state index >= 15 is 0 Å². The fourth-order valence-electron chi connectivity index (χ4n) is 1.03. The first-order valence-corrected chi connectivity index (χ1v) is 5.10. The maximum absolute atomic E-state index is 11.4. The molecule has 1 aromatic rings. The summed E-state index contributed by atoms with van der Waals surface area (Å²) >= 11 is 5.47. The molecule has 0 N–H and O–H groups in total. The van der Waals surface area contributed by atoms with Crippen molar-refractivity contribution in [2.75, 3.05) is 19.1 Å². The summed E-state index contributed by atoms with van der Waals surface area (Å²) in [6.45, 7) is 0.684. The summed E-state index contributed by atoms with van der Waals surface area (Å²) in [6.07, 6.45) is 0.781. The molecule has 0 aromatic heterocycles. The Morgan fingerprint density at radius 2 is 2.00 bits per heavy atom. The molecular formula is C11H13ClO2. The molecule has 0 aliphatic carbocycles. The number of benzene rings is 1. The number of hydrogen-bond acceptors (Lipinski definition) is 2. The molecule has 3 heteroatoms. The van der Waals surface area contributed by atoms with Crippen molar-refractivity contribution in [3.63, 3.8) is 0 Å². The average Bonchev–Trinajstić information content (AvgIpc) is 2.25. The fourth-order valence-corrected chi connectivity index (χ4v) is 1.14. The third-order valence-electron chi connectivity index (χ3n) is 1.75. The summed E-state index contributed by atoms with van der Waals surface area (Å²) in [6, 6.07) is 9.13. The van der Waals surface area contributed by atoms with E-state index in [9.17, 15) is 4.79 Å². The molecule has 0 heterocycles. The quantitative estimate of drug-likeness (QED) is 0.412. The highest BCUT2D eigenvalue weighted by atomic mass is 35.5. The van der Waals surface area contributed by atoms with Crippen LogP contribution in [0.5, 0.6) is 0 Å². The molecule has 0 saturated heterocycles. The van der Waals surface area contributed by atoms with Crippen molar-refractivity contribution in [1.29, 1.82) is 0 Å². The second-order valence-electron chi connectivity index (χ2n) is 2.88. The van der Waals surface area contributed by atoms with Gasteiger partial charge in [-0.15, -0.1) is 11.6 Å². The van der Waals surface area contributed by atoms with Gasteiger partial charge in [-0.25, -0.2) is 0 Å². The van der Waals surface area contributed by atoms with Crippen LogP contribution in [0.3, 0.4) is 0 Å². The summed E-state index contributed by atoms with van der Waals surface area (Å²) in [5.41, 5.74) is 0.693. The summed E-state index contributed by atoms with van der Waals surface area (Å²) in [7, 11) is 0. The number of carbonyl (C=O) groups excluding carboxylic acids is 1. The number of ether oxygens (including phenoxy) is 1. The van der Waals surface area contributed by atoms with E-state index in [1.165, 1.54) is 0 Å². The Labute approximate surface area is 88.8 Å². The monoisotopic (exact) mass is 212 g/mol. The van der Waals surface area contributed by atoms with Gasteiger partial charge in [0.15, 0.2) is 5.78 Å². The zero-order chi connectivity index (χ0) is 10.2. The predicted molar refractivity (Wildman–Crippen MR) is 56.9 cm³/mol. The first-order chi connectivity index (χ1) is 6.84. The Kier molecular flexibility index (Phi) is 5.27. The molecule has 0 radical (unpaired) electrons. The molecule has 0 bridgehead atoms. The molecule has 0 amide bonds. The van der Waals surface area contributed by atoms with E-state index in [0.29, 0.717) is 18.1 Å². The highest BCUT2D eigenvalue weighted by Gasteiger charge is 2.03. The summed E-state index contributed by atoms with van der Waals surface area (Å²) in [5, 5.41) is 0. The molecule has 14 heavy (non-hydrogen) atoms. The molecule has 0 fully saturated rings. The smallest absolute Gasteiger partial charge is 0.188 e. The normalized spacial score (nSPS) is 10.1. The number of carbonyl (C=O) groups is 1. The Hall–Kier alpha value is -0.860. The van der Waals surface area contributed by atoms with Gasteiger partial charge >= 0.3 is 0 Å². The van der Waals surface area contributed by atoms with Crippen molar-refractivity contribution in [2.45, 2.75) is 6.42 Å². The summed E-state index contributed by atoms with van der Waals surface area (Å²) < 4.78 is 5.16. The molecule has 1 rings (SSSR count). The van der Waals surface area contributed by atoms with Crippen LogP contribution in [-0.4, -0.2) is 24.9 Å². The predicted octanol–water partition coefficient (Wildman–Crippen LogP) is 2.51. The van der Waals surface area contributed by atoms with Gasteiger partial charge in [-0.2, -0.15) is 0 Å². The Morgan fingerprint density at radius 3 is 2.64 bits per heavy atom. The first kappa shape index (κ1) is 11.2. The lowest BCUT2D eigenvalue weighted by Crippen LogP contribution is -2.09. The lowest BCUT2D eigenvalue weighted by molar-refractivity contribution is 0.0762. The van der Waals surface area contributed by atoms with E-state index < -0.39 is 0 Å².